The van der Waals surface area contributed by atoms with E-state index in [0.717, 1.165) is 19.5 Å². The zero-order valence-corrected chi connectivity index (χ0v) is 10.6. The van der Waals surface area contributed by atoms with Crippen molar-refractivity contribution >= 4 is 0 Å². The second-order valence-corrected chi connectivity index (χ2v) is 4.18. The molecule has 0 aliphatic carbocycles. The molecule has 0 spiro atoms. The second kappa shape index (κ2) is 5.14. The summed E-state index contributed by atoms with van der Waals surface area (Å²) in [5.41, 5.74) is 3.63. The molecule has 0 atom stereocenters. The average Bonchev–Trinajstić information content (AvgIpc) is 2.86. The number of aromatic nitrogens is 4. The first-order valence-electron chi connectivity index (χ1n) is 5.89. The third-order valence-corrected chi connectivity index (χ3v) is 2.87. The predicted molar refractivity (Wildman–Crippen MR) is 66.3 cm³/mol. The number of rotatable bonds is 5. The van der Waals surface area contributed by atoms with Crippen LogP contribution in [0.25, 0.3) is 0 Å². The van der Waals surface area contributed by atoms with Crippen molar-refractivity contribution in [1.82, 2.24) is 24.9 Å². The molecule has 17 heavy (non-hydrogen) atoms. The van der Waals surface area contributed by atoms with Gasteiger partial charge in [0.2, 0.25) is 0 Å². The predicted octanol–water partition coefficient (Wildman–Crippen LogP) is 1.01. The Kier molecular flexibility index (Phi) is 3.58. The van der Waals surface area contributed by atoms with E-state index < -0.39 is 0 Å². The molecule has 0 unspecified atom stereocenters. The van der Waals surface area contributed by atoms with Gasteiger partial charge in [0.1, 0.15) is 0 Å². The zero-order valence-electron chi connectivity index (χ0n) is 10.6. The van der Waals surface area contributed by atoms with Gasteiger partial charge in [-0.3, -0.25) is 9.36 Å². The van der Waals surface area contributed by atoms with Gasteiger partial charge in [0.05, 0.1) is 11.4 Å². The van der Waals surface area contributed by atoms with Crippen LogP contribution >= 0.6 is 0 Å². The van der Waals surface area contributed by atoms with Crippen molar-refractivity contribution in [3.8, 4) is 0 Å². The van der Waals surface area contributed by atoms with E-state index in [9.17, 15) is 0 Å². The molecular formula is C12H19N5. The van der Waals surface area contributed by atoms with Crippen LogP contribution in [0.15, 0.2) is 18.5 Å². The van der Waals surface area contributed by atoms with E-state index in [2.05, 4.69) is 28.6 Å². The fourth-order valence-electron chi connectivity index (χ4n) is 1.93. The highest BCUT2D eigenvalue weighted by molar-refractivity contribution is 5.16. The minimum atomic E-state index is 0.828. The highest BCUT2D eigenvalue weighted by Crippen LogP contribution is 2.07. The van der Waals surface area contributed by atoms with E-state index in [0.29, 0.717) is 0 Å². The van der Waals surface area contributed by atoms with Crippen molar-refractivity contribution in [3.63, 3.8) is 0 Å². The minimum Gasteiger partial charge on any atom is -0.307 e. The van der Waals surface area contributed by atoms with Gasteiger partial charge in [-0.25, -0.2) is 0 Å². The van der Waals surface area contributed by atoms with Gasteiger partial charge >= 0.3 is 0 Å². The summed E-state index contributed by atoms with van der Waals surface area (Å²) in [6.07, 6.45) is 4.87. The Morgan fingerprint density at radius 1 is 1.29 bits per heavy atom. The summed E-state index contributed by atoms with van der Waals surface area (Å²) in [6.45, 7) is 3.81. The summed E-state index contributed by atoms with van der Waals surface area (Å²) in [7, 11) is 3.92. The second-order valence-electron chi connectivity index (χ2n) is 4.18. The highest BCUT2D eigenvalue weighted by atomic mass is 15.3. The lowest BCUT2D eigenvalue weighted by molar-refractivity contribution is 0.624. The maximum absolute atomic E-state index is 4.42. The molecule has 0 saturated heterocycles. The van der Waals surface area contributed by atoms with Gasteiger partial charge in [-0.1, -0.05) is 6.92 Å². The average molecular weight is 233 g/mol. The maximum Gasteiger partial charge on any atom is 0.0666 e. The molecule has 0 radical (unpaired) electrons. The van der Waals surface area contributed by atoms with E-state index in [4.69, 9.17) is 0 Å². The Balaban J connectivity index is 1.92. The first kappa shape index (κ1) is 11.9. The monoisotopic (exact) mass is 233 g/mol. The summed E-state index contributed by atoms with van der Waals surface area (Å²) >= 11 is 0. The quantitative estimate of drug-likeness (QED) is 0.838. The first-order chi connectivity index (χ1) is 8.20. The molecule has 0 fully saturated rings. The first-order valence-corrected chi connectivity index (χ1v) is 5.89. The number of hydrogen-bond acceptors (Lipinski definition) is 3. The van der Waals surface area contributed by atoms with Crippen LogP contribution in [0.4, 0.5) is 0 Å². The standard InChI is InChI=1S/C12H19N5/c1-4-12-10(9-16(2)15-12)7-13-8-11-5-6-14-17(11)3/h5-6,9,13H,4,7-8H2,1-3H3. The Labute approximate surface area is 101 Å². The van der Waals surface area contributed by atoms with Crippen LogP contribution in [0, 0.1) is 0 Å². The molecule has 2 heterocycles. The SMILES string of the molecule is CCc1nn(C)cc1CNCc1ccnn1C. The fourth-order valence-corrected chi connectivity index (χ4v) is 1.93. The van der Waals surface area contributed by atoms with Crippen LogP contribution in [-0.2, 0) is 33.6 Å². The lowest BCUT2D eigenvalue weighted by Gasteiger charge is -2.04. The third-order valence-electron chi connectivity index (χ3n) is 2.87. The Morgan fingerprint density at radius 3 is 2.76 bits per heavy atom. The molecule has 2 aromatic heterocycles. The smallest absolute Gasteiger partial charge is 0.0666 e. The van der Waals surface area contributed by atoms with Crippen LogP contribution in [0.5, 0.6) is 0 Å². The minimum absolute atomic E-state index is 0.828. The molecule has 0 saturated carbocycles. The molecule has 5 heteroatoms. The topological polar surface area (TPSA) is 47.7 Å². The fraction of sp³-hybridized carbons (Fsp3) is 0.500. The molecule has 0 aliphatic heterocycles. The van der Waals surface area contributed by atoms with Crippen LogP contribution in [-0.4, -0.2) is 19.6 Å². The number of nitrogens with zero attached hydrogens (tertiary/aromatic N) is 4. The van der Waals surface area contributed by atoms with Crippen molar-refractivity contribution in [2.24, 2.45) is 14.1 Å². The number of hydrogen-bond donors (Lipinski definition) is 1. The van der Waals surface area contributed by atoms with E-state index in [-0.39, 0.29) is 0 Å². The molecule has 0 amide bonds. The molecule has 0 aliphatic rings. The molecule has 2 rings (SSSR count). The van der Waals surface area contributed by atoms with Crippen molar-refractivity contribution in [3.05, 3.63) is 35.4 Å². The lowest BCUT2D eigenvalue weighted by Crippen LogP contribution is -2.15. The number of aryl methyl sites for hydroxylation is 3. The Morgan fingerprint density at radius 2 is 2.12 bits per heavy atom. The van der Waals surface area contributed by atoms with Crippen molar-refractivity contribution in [1.29, 1.82) is 0 Å². The summed E-state index contributed by atoms with van der Waals surface area (Å²) in [4.78, 5) is 0. The summed E-state index contributed by atoms with van der Waals surface area (Å²) < 4.78 is 3.76. The number of nitrogens with one attached hydrogen (secondary N) is 1. The van der Waals surface area contributed by atoms with Crippen LogP contribution in [0.1, 0.15) is 23.9 Å². The largest absolute Gasteiger partial charge is 0.307 e. The molecule has 0 bridgehead atoms. The van der Waals surface area contributed by atoms with Crippen molar-refractivity contribution in [2.45, 2.75) is 26.4 Å². The third kappa shape index (κ3) is 2.74. The van der Waals surface area contributed by atoms with Gasteiger partial charge in [0.15, 0.2) is 0 Å². The van der Waals surface area contributed by atoms with Crippen LogP contribution in [0.3, 0.4) is 0 Å². The summed E-state index contributed by atoms with van der Waals surface area (Å²) in [6, 6.07) is 2.02. The van der Waals surface area contributed by atoms with Crippen LogP contribution < -0.4 is 5.32 Å². The molecule has 92 valence electrons. The zero-order chi connectivity index (χ0) is 12.3. The van der Waals surface area contributed by atoms with E-state index >= 15 is 0 Å². The molecule has 5 nitrogen and oxygen atoms in total. The molecule has 2 aromatic rings. The van der Waals surface area contributed by atoms with E-state index in [1.54, 1.807) is 0 Å². The Hall–Kier alpha value is -1.62. The summed E-state index contributed by atoms with van der Waals surface area (Å²) in [5.74, 6) is 0. The van der Waals surface area contributed by atoms with E-state index in [1.165, 1.54) is 17.0 Å². The van der Waals surface area contributed by atoms with Crippen molar-refractivity contribution < 1.29 is 0 Å². The van der Waals surface area contributed by atoms with Gasteiger partial charge in [-0.05, 0) is 12.5 Å². The van der Waals surface area contributed by atoms with Gasteiger partial charge < -0.3 is 5.32 Å². The van der Waals surface area contributed by atoms with Crippen molar-refractivity contribution in [2.75, 3.05) is 0 Å². The van der Waals surface area contributed by atoms with Crippen LogP contribution in [0.2, 0.25) is 0 Å². The van der Waals surface area contributed by atoms with Gasteiger partial charge in [0, 0.05) is 45.1 Å². The lowest BCUT2D eigenvalue weighted by atomic mass is 10.2. The van der Waals surface area contributed by atoms with Gasteiger partial charge in [-0.2, -0.15) is 10.2 Å². The van der Waals surface area contributed by atoms with Gasteiger partial charge in [-0.15, -0.1) is 0 Å². The maximum atomic E-state index is 4.42. The molecular weight excluding hydrogens is 214 g/mol. The normalized spacial score (nSPS) is 11.0. The Bertz CT molecular complexity index is 483. The molecule has 1 N–H and O–H groups in total. The summed E-state index contributed by atoms with van der Waals surface area (Å²) in [5, 5.41) is 12.0. The molecule has 0 aromatic carbocycles. The van der Waals surface area contributed by atoms with E-state index in [1.807, 2.05) is 35.7 Å². The van der Waals surface area contributed by atoms with Gasteiger partial charge in [0.25, 0.3) is 0 Å². The highest BCUT2D eigenvalue weighted by Gasteiger charge is 2.05.